The highest BCUT2D eigenvalue weighted by atomic mass is 35.5. The van der Waals surface area contributed by atoms with Gasteiger partial charge in [0.25, 0.3) is 0 Å². The summed E-state index contributed by atoms with van der Waals surface area (Å²) in [4.78, 5) is 13.4. The van der Waals surface area contributed by atoms with Gasteiger partial charge in [0.05, 0.1) is 22.5 Å². The van der Waals surface area contributed by atoms with Gasteiger partial charge in [-0.3, -0.25) is 9.79 Å². The second-order valence-corrected chi connectivity index (χ2v) is 2.98. The second-order valence-electron chi connectivity index (χ2n) is 2.58. The van der Waals surface area contributed by atoms with Crippen LogP contribution in [0.25, 0.3) is 0 Å². The minimum absolute atomic E-state index is 0.0267. The minimum Gasteiger partial charge on any atom is -0.297 e. The average Bonchev–Trinajstić information content (AvgIpc) is 2.15. The number of carbonyl (C=O) groups is 1. The molecule has 1 rings (SSSR count). The van der Waals surface area contributed by atoms with Crippen LogP contribution in [0.3, 0.4) is 0 Å². The van der Waals surface area contributed by atoms with Gasteiger partial charge >= 0.3 is 6.18 Å². The molecule has 0 atom stereocenters. The van der Waals surface area contributed by atoms with Gasteiger partial charge in [0.15, 0.2) is 6.29 Å². The van der Waals surface area contributed by atoms with Crippen molar-refractivity contribution in [1.82, 2.24) is 0 Å². The quantitative estimate of drug-likeness (QED) is 0.571. The van der Waals surface area contributed by atoms with E-state index in [0.29, 0.717) is 6.29 Å². The van der Waals surface area contributed by atoms with Crippen LogP contribution in [0, 0.1) is 0 Å². The Morgan fingerprint density at radius 1 is 1.33 bits per heavy atom. The first-order valence-electron chi connectivity index (χ1n) is 3.79. The topological polar surface area (TPSA) is 29.4 Å². The second kappa shape index (κ2) is 4.44. The van der Waals surface area contributed by atoms with E-state index < -0.39 is 16.8 Å². The molecule has 0 N–H and O–H groups in total. The summed E-state index contributed by atoms with van der Waals surface area (Å²) in [6.07, 6.45) is -3.28. The molecule has 0 saturated heterocycles. The van der Waals surface area contributed by atoms with E-state index in [1.807, 2.05) is 0 Å². The number of aldehydes is 1. The summed E-state index contributed by atoms with van der Waals surface area (Å²) in [6, 6.07) is 3.15. The molecule has 0 spiro atoms. The predicted octanol–water partition coefficient (Wildman–Crippen LogP) is 3.26. The lowest BCUT2D eigenvalue weighted by molar-refractivity contribution is -0.137. The van der Waals surface area contributed by atoms with Crippen LogP contribution in [0.5, 0.6) is 0 Å². The molecule has 0 aromatic heterocycles. The van der Waals surface area contributed by atoms with Crippen LogP contribution in [-0.4, -0.2) is 12.5 Å². The number of hydrogen-bond donors (Lipinski definition) is 0. The number of nitrogens with zero attached hydrogens (tertiary/aromatic N) is 1. The number of benzene rings is 1. The standard InChI is InChI=1S/C9H5ClF3NO/c10-8-2-1-6(14-3-4-15)5-7(8)9(11,12)13/h1-5H. The van der Waals surface area contributed by atoms with Gasteiger partial charge in [-0.2, -0.15) is 13.2 Å². The van der Waals surface area contributed by atoms with E-state index in [9.17, 15) is 18.0 Å². The highest BCUT2D eigenvalue weighted by Gasteiger charge is 2.33. The van der Waals surface area contributed by atoms with E-state index in [1.54, 1.807) is 0 Å². The molecular formula is C9H5ClF3NO. The smallest absolute Gasteiger partial charge is 0.297 e. The number of alkyl halides is 3. The van der Waals surface area contributed by atoms with Gasteiger partial charge in [-0.1, -0.05) is 11.6 Å². The van der Waals surface area contributed by atoms with Crippen molar-refractivity contribution in [3.8, 4) is 0 Å². The summed E-state index contributed by atoms with van der Waals surface area (Å²) in [6.45, 7) is 0. The first kappa shape index (κ1) is 11.7. The molecule has 0 aliphatic heterocycles. The largest absolute Gasteiger partial charge is 0.417 e. The first-order valence-corrected chi connectivity index (χ1v) is 4.17. The molecule has 80 valence electrons. The Morgan fingerprint density at radius 2 is 2.00 bits per heavy atom. The average molecular weight is 236 g/mol. The van der Waals surface area contributed by atoms with Crippen molar-refractivity contribution in [2.45, 2.75) is 6.18 Å². The van der Waals surface area contributed by atoms with Crippen molar-refractivity contribution in [2.24, 2.45) is 4.99 Å². The highest BCUT2D eigenvalue weighted by Crippen LogP contribution is 2.36. The van der Waals surface area contributed by atoms with E-state index in [2.05, 4.69) is 4.99 Å². The van der Waals surface area contributed by atoms with Gasteiger partial charge in [-0.25, -0.2) is 0 Å². The number of hydrogen-bond acceptors (Lipinski definition) is 2. The van der Waals surface area contributed by atoms with Crippen LogP contribution >= 0.6 is 11.6 Å². The van der Waals surface area contributed by atoms with Gasteiger partial charge < -0.3 is 0 Å². The number of aliphatic imine (C=N–C) groups is 1. The molecule has 0 fully saturated rings. The Morgan fingerprint density at radius 3 is 2.53 bits per heavy atom. The van der Waals surface area contributed by atoms with E-state index in [4.69, 9.17) is 11.6 Å². The Kier molecular flexibility index (Phi) is 3.47. The molecule has 0 radical (unpaired) electrons. The molecule has 2 nitrogen and oxygen atoms in total. The van der Waals surface area contributed by atoms with Crippen LogP contribution in [0.15, 0.2) is 23.2 Å². The van der Waals surface area contributed by atoms with Crippen molar-refractivity contribution in [1.29, 1.82) is 0 Å². The van der Waals surface area contributed by atoms with Crippen LogP contribution in [0.1, 0.15) is 5.56 Å². The SMILES string of the molecule is O=CC=Nc1ccc(Cl)c(C(F)(F)F)c1. The number of rotatable bonds is 2. The molecular weight excluding hydrogens is 231 g/mol. The van der Waals surface area contributed by atoms with Gasteiger partial charge in [-0.05, 0) is 18.2 Å². The summed E-state index contributed by atoms with van der Waals surface area (Å²) in [7, 11) is 0. The molecule has 0 heterocycles. The van der Waals surface area contributed by atoms with Crippen molar-refractivity contribution >= 4 is 29.8 Å². The zero-order valence-corrected chi connectivity index (χ0v) is 8.01. The fraction of sp³-hybridized carbons (Fsp3) is 0.111. The van der Waals surface area contributed by atoms with Crippen molar-refractivity contribution in [3.05, 3.63) is 28.8 Å². The number of halogens is 4. The molecule has 0 unspecified atom stereocenters. The summed E-state index contributed by atoms with van der Waals surface area (Å²) >= 11 is 5.37. The maximum Gasteiger partial charge on any atom is 0.417 e. The Bertz CT molecular complexity index is 401. The Balaban J connectivity index is 3.17. The fourth-order valence-electron chi connectivity index (χ4n) is 0.927. The third-order valence-corrected chi connectivity index (χ3v) is 1.87. The number of carbonyl (C=O) groups excluding carboxylic acids is 1. The van der Waals surface area contributed by atoms with Gasteiger partial charge in [0, 0.05) is 0 Å². The monoisotopic (exact) mass is 235 g/mol. The van der Waals surface area contributed by atoms with Crippen molar-refractivity contribution in [3.63, 3.8) is 0 Å². The first-order chi connectivity index (χ1) is 6.95. The third kappa shape index (κ3) is 3.06. The summed E-state index contributed by atoms with van der Waals surface area (Å²) in [5.74, 6) is 0. The molecule has 0 saturated carbocycles. The normalized spacial score (nSPS) is 12.0. The molecule has 6 heteroatoms. The molecule has 0 bridgehead atoms. The third-order valence-electron chi connectivity index (χ3n) is 1.54. The van der Waals surface area contributed by atoms with Crippen LogP contribution in [-0.2, 0) is 11.0 Å². The van der Waals surface area contributed by atoms with E-state index in [-0.39, 0.29) is 5.69 Å². The maximum atomic E-state index is 12.3. The fourth-order valence-corrected chi connectivity index (χ4v) is 1.15. The molecule has 0 amide bonds. The predicted molar refractivity (Wildman–Crippen MR) is 50.7 cm³/mol. The lowest BCUT2D eigenvalue weighted by atomic mass is 10.2. The zero-order valence-electron chi connectivity index (χ0n) is 7.25. The minimum atomic E-state index is -4.52. The van der Waals surface area contributed by atoms with Crippen LogP contribution < -0.4 is 0 Å². The van der Waals surface area contributed by atoms with Gasteiger partial charge in [0.2, 0.25) is 0 Å². The van der Waals surface area contributed by atoms with Gasteiger partial charge in [0.1, 0.15) is 0 Å². The Hall–Kier alpha value is -1.36. The lowest BCUT2D eigenvalue weighted by Crippen LogP contribution is -2.05. The van der Waals surface area contributed by atoms with Crippen LogP contribution in [0.4, 0.5) is 18.9 Å². The van der Waals surface area contributed by atoms with Gasteiger partial charge in [-0.15, -0.1) is 0 Å². The molecule has 0 aliphatic rings. The van der Waals surface area contributed by atoms with E-state index in [0.717, 1.165) is 18.3 Å². The van der Waals surface area contributed by atoms with E-state index in [1.165, 1.54) is 6.07 Å². The maximum absolute atomic E-state index is 12.3. The Labute approximate surface area is 88.4 Å². The molecule has 1 aromatic rings. The van der Waals surface area contributed by atoms with Crippen molar-refractivity contribution < 1.29 is 18.0 Å². The molecule has 1 aromatic carbocycles. The summed E-state index contributed by atoms with van der Waals surface area (Å²) in [5, 5.41) is -0.396. The lowest BCUT2D eigenvalue weighted by Gasteiger charge is -2.08. The van der Waals surface area contributed by atoms with E-state index >= 15 is 0 Å². The van der Waals surface area contributed by atoms with Crippen LogP contribution in [0.2, 0.25) is 5.02 Å². The summed E-state index contributed by atoms with van der Waals surface area (Å²) < 4.78 is 37.0. The molecule has 15 heavy (non-hydrogen) atoms. The summed E-state index contributed by atoms with van der Waals surface area (Å²) in [5.41, 5.74) is -0.941. The molecule has 0 aliphatic carbocycles. The van der Waals surface area contributed by atoms with Crippen molar-refractivity contribution in [2.75, 3.05) is 0 Å². The highest BCUT2D eigenvalue weighted by molar-refractivity contribution is 6.31. The zero-order chi connectivity index (χ0) is 11.5.